The molecule has 0 bridgehead atoms. The molecule has 0 aliphatic carbocycles. The first-order valence-corrected chi connectivity index (χ1v) is 4.35. The summed E-state index contributed by atoms with van der Waals surface area (Å²) in [7, 11) is 0. The molecule has 1 aromatic carbocycles. The molecule has 1 aromatic rings. The number of carbonyl (C=O) groups is 1. The molecule has 0 saturated heterocycles. The maximum absolute atomic E-state index is 10.4. The Hall–Kier alpha value is -0.830. The highest BCUT2D eigenvalue weighted by molar-refractivity contribution is 9.10. The summed E-state index contributed by atoms with van der Waals surface area (Å²) in [5, 5.41) is 8.55. The second-order valence-corrected chi connectivity index (χ2v) is 3.56. The number of halogens is 1. The minimum atomic E-state index is -0.791. The van der Waals surface area contributed by atoms with Crippen LogP contribution in [0.15, 0.2) is 22.7 Å². The molecule has 0 heterocycles. The number of aryl methyl sites for hydroxylation is 1. The fourth-order valence-electron chi connectivity index (χ4n) is 1.02. The lowest BCUT2D eigenvalue weighted by Crippen LogP contribution is -2.01. The van der Waals surface area contributed by atoms with E-state index in [9.17, 15) is 4.79 Å². The second-order valence-electron chi connectivity index (χ2n) is 2.64. The predicted molar refractivity (Wildman–Crippen MR) is 50.2 cm³/mol. The van der Waals surface area contributed by atoms with Crippen molar-refractivity contribution in [2.45, 2.75) is 13.3 Å². The van der Waals surface area contributed by atoms with Crippen LogP contribution < -0.4 is 0 Å². The molecular formula is C9H9BrO2. The van der Waals surface area contributed by atoms with Gasteiger partial charge in [-0.15, -0.1) is 0 Å². The van der Waals surface area contributed by atoms with Crippen LogP contribution in [-0.2, 0) is 11.2 Å². The standard InChI is InChI=1S/C9H9BrO2/c1-6-4-8(10)3-2-7(6)5-9(11)12/h2-4H,5H2,1H3,(H,11,12). The fourth-order valence-corrected chi connectivity index (χ4v) is 1.50. The predicted octanol–water partition coefficient (Wildman–Crippen LogP) is 2.38. The zero-order valence-electron chi connectivity index (χ0n) is 6.67. The van der Waals surface area contributed by atoms with Crippen molar-refractivity contribution in [2.24, 2.45) is 0 Å². The van der Waals surface area contributed by atoms with Gasteiger partial charge < -0.3 is 5.11 Å². The molecule has 0 aromatic heterocycles. The number of benzene rings is 1. The van der Waals surface area contributed by atoms with Crippen LogP contribution >= 0.6 is 15.9 Å². The Balaban J connectivity index is 2.93. The topological polar surface area (TPSA) is 37.3 Å². The van der Waals surface area contributed by atoms with Crippen molar-refractivity contribution in [3.05, 3.63) is 33.8 Å². The van der Waals surface area contributed by atoms with Gasteiger partial charge in [-0.2, -0.15) is 0 Å². The van der Waals surface area contributed by atoms with E-state index < -0.39 is 5.97 Å². The summed E-state index contributed by atoms with van der Waals surface area (Å²) < 4.78 is 0.981. The Morgan fingerprint density at radius 2 is 2.25 bits per heavy atom. The van der Waals surface area contributed by atoms with Crippen LogP contribution in [0.5, 0.6) is 0 Å². The second kappa shape index (κ2) is 3.72. The van der Waals surface area contributed by atoms with Gasteiger partial charge in [0.1, 0.15) is 0 Å². The Morgan fingerprint density at radius 3 is 2.75 bits per heavy atom. The lowest BCUT2D eigenvalue weighted by molar-refractivity contribution is -0.136. The van der Waals surface area contributed by atoms with E-state index in [1.807, 2.05) is 25.1 Å². The molecular weight excluding hydrogens is 220 g/mol. The number of carboxylic acid groups (broad SMARTS) is 1. The number of hydrogen-bond acceptors (Lipinski definition) is 1. The van der Waals surface area contributed by atoms with E-state index in [2.05, 4.69) is 15.9 Å². The van der Waals surface area contributed by atoms with E-state index in [1.165, 1.54) is 0 Å². The average molecular weight is 229 g/mol. The molecule has 1 rings (SSSR count). The van der Waals surface area contributed by atoms with Crippen LogP contribution in [0.4, 0.5) is 0 Å². The lowest BCUT2D eigenvalue weighted by atomic mass is 10.1. The van der Waals surface area contributed by atoms with Gasteiger partial charge in [0.15, 0.2) is 0 Å². The molecule has 0 aliphatic heterocycles. The monoisotopic (exact) mass is 228 g/mol. The van der Waals surface area contributed by atoms with Crippen molar-refractivity contribution in [1.29, 1.82) is 0 Å². The van der Waals surface area contributed by atoms with Gasteiger partial charge in [-0.05, 0) is 30.2 Å². The zero-order valence-corrected chi connectivity index (χ0v) is 8.26. The Labute approximate surface area is 79.3 Å². The van der Waals surface area contributed by atoms with Crippen LogP contribution in [0.3, 0.4) is 0 Å². The van der Waals surface area contributed by atoms with Crippen molar-refractivity contribution in [3.63, 3.8) is 0 Å². The molecule has 64 valence electrons. The SMILES string of the molecule is Cc1cc(Br)ccc1CC(=O)O. The van der Waals surface area contributed by atoms with Gasteiger partial charge in [0.2, 0.25) is 0 Å². The third kappa shape index (κ3) is 2.34. The van der Waals surface area contributed by atoms with Crippen LogP contribution in [-0.4, -0.2) is 11.1 Å². The molecule has 2 nitrogen and oxygen atoms in total. The molecule has 0 amide bonds. The zero-order chi connectivity index (χ0) is 9.14. The van der Waals surface area contributed by atoms with Gasteiger partial charge >= 0.3 is 5.97 Å². The molecule has 0 fully saturated rings. The van der Waals surface area contributed by atoms with Gasteiger partial charge in [0.25, 0.3) is 0 Å². The molecule has 0 unspecified atom stereocenters. The number of carboxylic acids is 1. The number of rotatable bonds is 2. The highest BCUT2D eigenvalue weighted by Gasteiger charge is 2.03. The summed E-state index contributed by atoms with van der Waals surface area (Å²) in [6.07, 6.45) is 0.0963. The summed E-state index contributed by atoms with van der Waals surface area (Å²) in [6, 6.07) is 5.59. The van der Waals surface area contributed by atoms with Crippen molar-refractivity contribution < 1.29 is 9.90 Å². The van der Waals surface area contributed by atoms with Crippen LogP contribution in [0, 0.1) is 6.92 Å². The highest BCUT2D eigenvalue weighted by Crippen LogP contribution is 2.16. The van der Waals surface area contributed by atoms with E-state index in [-0.39, 0.29) is 6.42 Å². The van der Waals surface area contributed by atoms with Crippen molar-refractivity contribution in [2.75, 3.05) is 0 Å². The van der Waals surface area contributed by atoms with Crippen molar-refractivity contribution >= 4 is 21.9 Å². The Bertz CT molecular complexity index is 307. The highest BCUT2D eigenvalue weighted by atomic mass is 79.9. The smallest absolute Gasteiger partial charge is 0.307 e. The van der Waals surface area contributed by atoms with E-state index in [1.54, 1.807) is 0 Å². The van der Waals surface area contributed by atoms with Gasteiger partial charge in [0.05, 0.1) is 6.42 Å². The molecule has 1 N–H and O–H groups in total. The largest absolute Gasteiger partial charge is 0.481 e. The summed E-state index contributed by atoms with van der Waals surface area (Å²) in [5.41, 5.74) is 1.87. The minimum Gasteiger partial charge on any atom is -0.481 e. The Kier molecular flexibility index (Phi) is 2.87. The van der Waals surface area contributed by atoms with E-state index >= 15 is 0 Å². The lowest BCUT2D eigenvalue weighted by Gasteiger charge is -2.02. The van der Waals surface area contributed by atoms with Crippen LogP contribution in [0.1, 0.15) is 11.1 Å². The molecule has 0 spiro atoms. The molecule has 12 heavy (non-hydrogen) atoms. The van der Waals surface area contributed by atoms with E-state index in [0.29, 0.717) is 0 Å². The van der Waals surface area contributed by atoms with Gasteiger partial charge in [0, 0.05) is 4.47 Å². The first kappa shape index (κ1) is 9.26. The summed E-state index contributed by atoms with van der Waals surface area (Å²) in [6.45, 7) is 1.91. The Morgan fingerprint density at radius 1 is 1.58 bits per heavy atom. The summed E-state index contributed by atoms with van der Waals surface area (Å²) >= 11 is 3.32. The maximum Gasteiger partial charge on any atom is 0.307 e. The van der Waals surface area contributed by atoms with Gasteiger partial charge in [-0.25, -0.2) is 0 Å². The first-order valence-electron chi connectivity index (χ1n) is 3.56. The quantitative estimate of drug-likeness (QED) is 0.845. The first-order chi connectivity index (χ1) is 5.59. The molecule has 0 saturated carbocycles. The van der Waals surface area contributed by atoms with Crippen molar-refractivity contribution in [1.82, 2.24) is 0 Å². The number of hydrogen-bond donors (Lipinski definition) is 1. The molecule has 0 aliphatic rings. The maximum atomic E-state index is 10.4. The van der Waals surface area contributed by atoms with Crippen LogP contribution in [0.2, 0.25) is 0 Å². The fraction of sp³-hybridized carbons (Fsp3) is 0.222. The van der Waals surface area contributed by atoms with Crippen molar-refractivity contribution in [3.8, 4) is 0 Å². The minimum absolute atomic E-state index is 0.0963. The molecule has 0 atom stereocenters. The van der Waals surface area contributed by atoms with E-state index in [4.69, 9.17) is 5.11 Å². The van der Waals surface area contributed by atoms with E-state index in [0.717, 1.165) is 15.6 Å². The van der Waals surface area contributed by atoms with Gasteiger partial charge in [-0.1, -0.05) is 22.0 Å². The molecule has 0 radical (unpaired) electrons. The molecule has 3 heteroatoms. The summed E-state index contributed by atoms with van der Waals surface area (Å²) in [5.74, 6) is -0.791. The van der Waals surface area contributed by atoms with Gasteiger partial charge in [-0.3, -0.25) is 4.79 Å². The number of aliphatic carboxylic acids is 1. The normalized spacial score (nSPS) is 9.83. The summed E-state index contributed by atoms with van der Waals surface area (Å²) in [4.78, 5) is 10.4. The average Bonchev–Trinajstić information content (AvgIpc) is 1.94. The third-order valence-corrected chi connectivity index (χ3v) is 2.14. The van der Waals surface area contributed by atoms with Crippen LogP contribution in [0.25, 0.3) is 0 Å². The third-order valence-electron chi connectivity index (χ3n) is 1.65.